The van der Waals surface area contributed by atoms with Gasteiger partial charge in [0.05, 0.1) is 15.5 Å². The summed E-state index contributed by atoms with van der Waals surface area (Å²) in [5.74, 6) is -1.58. The summed E-state index contributed by atoms with van der Waals surface area (Å²) in [6.07, 6.45) is 1.16. The molecule has 0 unspecified atom stereocenters. The number of rotatable bonds is 8. The highest BCUT2D eigenvalue weighted by Gasteiger charge is 2.32. The van der Waals surface area contributed by atoms with Crippen LogP contribution in [0.5, 0.6) is 11.5 Å². The smallest absolute Gasteiger partial charge is 0.387 e. The van der Waals surface area contributed by atoms with Crippen molar-refractivity contribution in [3.8, 4) is 11.5 Å². The van der Waals surface area contributed by atoms with Crippen molar-refractivity contribution in [1.29, 1.82) is 0 Å². The van der Waals surface area contributed by atoms with E-state index in [-0.39, 0.29) is 50.6 Å². The molecule has 1 saturated heterocycles. The average Bonchev–Trinajstić information content (AvgIpc) is 3.01. The molecule has 2 aromatic rings. The number of anilines is 1. The number of halogens is 2. The molecule has 9 nitrogen and oxygen atoms in total. The van der Waals surface area contributed by atoms with E-state index in [2.05, 4.69) is 10.1 Å². The van der Waals surface area contributed by atoms with E-state index in [4.69, 9.17) is 12.2 Å². The summed E-state index contributed by atoms with van der Waals surface area (Å²) >= 11 is 6.14. The van der Waals surface area contributed by atoms with Gasteiger partial charge in [0.2, 0.25) is 5.91 Å². The number of ether oxygens (including phenoxy) is 1. The largest absolute Gasteiger partial charge is 0.506 e. The fourth-order valence-electron chi connectivity index (χ4n) is 2.80. The number of nitro groups is 1. The Morgan fingerprint density at radius 3 is 2.76 bits per heavy atom. The van der Waals surface area contributed by atoms with Gasteiger partial charge in [0, 0.05) is 30.7 Å². The number of hydrogen-bond acceptors (Lipinski definition) is 8. The zero-order valence-corrected chi connectivity index (χ0v) is 18.2. The summed E-state index contributed by atoms with van der Waals surface area (Å²) in [4.78, 5) is 36.5. The highest BCUT2D eigenvalue weighted by atomic mass is 32.2. The molecule has 1 fully saturated rings. The number of benzene rings is 2. The van der Waals surface area contributed by atoms with E-state index in [0.29, 0.717) is 0 Å². The third-order valence-corrected chi connectivity index (χ3v) is 5.70. The maximum Gasteiger partial charge on any atom is 0.387 e. The lowest BCUT2D eigenvalue weighted by molar-refractivity contribution is -0.384. The van der Waals surface area contributed by atoms with Crippen LogP contribution in [0.15, 0.2) is 47.4 Å². The van der Waals surface area contributed by atoms with Crippen LogP contribution in [0, 0.1) is 10.1 Å². The standard InChI is InChI=1S/C20H15F2N3O6S2/c21-19(22)31-15-4-2-1-3-11(15)9-16-18(28)24(20(32)33-16)8-7-17(27)23-13-10-12(25(29)30)5-6-14(13)26/h1-6,9-10,19,26H,7-8H2,(H,23,27)/b16-9-. The molecule has 1 heterocycles. The highest BCUT2D eigenvalue weighted by molar-refractivity contribution is 8.26. The van der Waals surface area contributed by atoms with Gasteiger partial charge in [-0.2, -0.15) is 8.78 Å². The van der Waals surface area contributed by atoms with Gasteiger partial charge in [-0.05, 0) is 18.2 Å². The van der Waals surface area contributed by atoms with Crippen molar-refractivity contribution in [2.45, 2.75) is 13.0 Å². The number of phenols is 1. The Morgan fingerprint density at radius 1 is 1.33 bits per heavy atom. The average molecular weight is 495 g/mol. The number of nitrogens with one attached hydrogen (secondary N) is 1. The van der Waals surface area contributed by atoms with Crippen LogP contribution in [0.3, 0.4) is 0 Å². The summed E-state index contributed by atoms with van der Waals surface area (Å²) in [5, 5.41) is 23.0. The van der Waals surface area contributed by atoms with Gasteiger partial charge in [-0.1, -0.05) is 42.2 Å². The number of carbonyl (C=O) groups excluding carboxylic acids is 2. The Hall–Kier alpha value is -3.58. The van der Waals surface area contributed by atoms with E-state index < -0.39 is 23.3 Å². The molecule has 2 aromatic carbocycles. The number of aromatic hydroxyl groups is 1. The third kappa shape index (κ3) is 6.02. The van der Waals surface area contributed by atoms with Crippen molar-refractivity contribution in [2.24, 2.45) is 0 Å². The van der Waals surface area contributed by atoms with Crippen LogP contribution in [0.2, 0.25) is 0 Å². The van der Waals surface area contributed by atoms with Crippen molar-refractivity contribution < 1.29 is 33.1 Å². The third-order valence-electron chi connectivity index (χ3n) is 4.32. The SMILES string of the molecule is O=C(CCN1C(=O)/C(=C/c2ccccc2OC(F)F)SC1=S)Nc1cc([N+](=O)[O-])ccc1O. The quantitative estimate of drug-likeness (QED) is 0.184. The van der Waals surface area contributed by atoms with Gasteiger partial charge >= 0.3 is 6.61 Å². The molecule has 1 aliphatic rings. The van der Waals surface area contributed by atoms with Crippen molar-refractivity contribution >= 4 is 57.6 Å². The lowest BCUT2D eigenvalue weighted by Crippen LogP contribution is -2.31. The van der Waals surface area contributed by atoms with E-state index in [1.165, 1.54) is 29.2 Å². The molecule has 3 rings (SSSR count). The zero-order valence-electron chi connectivity index (χ0n) is 16.6. The first kappa shape index (κ1) is 24.1. The maximum atomic E-state index is 12.7. The van der Waals surface area contributed by atoms with Gasteiger partial charge < -0.3 is 15.2 Å². The fourth-order valence-corrected chi connectivity index (χ4v) is 4.10. The molecule has 0 radical (unpaired) electrons. The van der Waals surface area contributed by atoms with Crippen molar-refractivity contribution in [1.82, 2.24) is 4.90 Å². The second-order valence-electron chi connectivity index (χ2n) is 6.51. The van der Waals surface area contributed by atoms with Gasteiger partial charge in [0.1, 0.15) is 15.8 Å². The summed E-state index contributed by atoms with van der Waals surface area (Å²) in [6, 6.07) is 9.12. The topological polar surface area (TPSA) is 122 Å². The van der Waals surface area contributed by atoms with E-state index in [0.717, 1.165) is 30.0 Å². The zero-order chi connectivity index (χ0) is 24.1. The number of alkyl halides is 2. The first-order valence-electron chi connectivity index (χ1n) is 9.22. The first-order valence-corrected chi connectivity index (χ1v) is 10.4. The maximum absolute atomic E-state index is 12.7. The Kier molecular flexibility index (Phi) is 7.55. The minimum atomic E-state index is -3.03. The number of amides is 2. The minimum absolute atomic E-state index is 0.0985. The molecule has 0 saturated carbocycles. The number of nitro benzene ring substituents is 1. The normalized spacial score (nSPS) is 14.8. The molecule has 0 aromatic heterocycles. The molecule has 2 amide bonds. The van der Waals surface area contributed by atoms with Crippen LogP contribution in [0.1, 0.15) is 12.0 Å². The fraction of sp³-hybridized carbons (Fsp3) is 0.150. The Morgan fingerprint density at radius 2 is 2.06 bits per heavy atom. The van der Waals surface area contributed by atoms with Crippen molar-refractivity contribution in [2.75, 3.05) is 11.9 Å². The van der Waals surface area contributed by atoms with Gasteiger partial charge in [-0.15, -0.1) is 0 Å². The van der Waals surface area contributed by atoms with Crippen LogP contribution >= 0.6 is 24.0 Å². The first-order chi connectivity index (χ1) is 15.7. The molecule has 0 atom stereocenters. The second kappa shape index (κ2) is 10.4. The molecule has 172 valence electrons. The van der Waals surface area contributed by atoms with E-state index in [1.54, 1.807) is 6.07 Å². The Balaban J connectivity index is 1.67. The number of para-hydroxylation sites is 1. The summed E-state index contributed by atoms with van der Waals surface area (Å²) < 4.78 is 29.8. The molecule has 33 heavy (non-hydrogen) atoms. The number of hydrogen-bond donors (Lipinski definition) is 2. The molecule has 1 aliphatic heterocycles. The van der Waals surface area contributed by atoms with Crippen LogP contribution in [0.4, 0.5) is 20.2 Å². The molecule has 2 N–H and O–H groups in total. The van der Waals surface area contributed by atoms with Crippen LogP contribution in [-0.2, 0) is 9.59 Å². The minimum Gasteiger partial charge on any atom is -0.506 e. The predicted molar refractivity (Wildman–Crippen MR) is 121 cm³/mol. The summed E-state index contributed by atoms with van der Waals surface area (Å²) in [6.45, 7) is -3.13. The molecule has 0 aliphatic carbocycles. The summed E-state index contributed by atoms with van der Waals surface area (Å²) in [7, 11) is 0. The number of thioether (sulfide) groups is 1. The molecule has 0 spiro atoms. The molecule has 0 bridgehead atoms. The number of thiocarbonyl (C=S) groups is 1. The van der Waals surface area contributed by atoms with E-state index in [9.17, 15) is 33.6 Å². The molecule has 13 heteroatoms. The number of non-ortho nitro benzene ring substituents is 1. The van der Waals surface area contributed by atoms with Gasteiger partial charge in [0.25, 0.3) is 11.6 Å². The van der Waals surface area contributed by atoms with Crippen LogP contribution in [0.25, 0.3) is 6.08 Å². The predicted octanol–water partition coefficient (Wildman–Crippen LogP) is 4.13. The number of nitrogens with zero attached hydrogens (tertiary/aromatic N) is 2. The molecular weight excluding hydrogens is 480 g/mol. The van der Waals surface area contributed by atoms with Crippen LogP contribution < -0.4 is 10.1 Å². The lowest BCUT2D eigenvalue weighted by atomic mass is 10.2. The Labute approximate surface area is 195 Å². The van der Waals surface area contributed by atoms with Crippen LogP contribution in [-0.4, -0.2) is 44.2 Å². The van der Waals surface area contributed by atoms with E-state index in [1.807, 2.05) is 0 Å². The highest BCUT2D eigenvalue weighted by Crippen LogP contribution is 2.35. The Bertz CT molecular complexity index is 1160. The summed E-state index contributed by atoms with van der Waals surface area (Å²) in [5.41, 5.74) is -0.200. The van der Waals surface area contributed by atoms with E-state index >= 15 is 0 Å². The lowest BCUT2D eigenvalue weighted by Gasteiger charge is -2.14. The monoisotopic (exact) mass is 495 g/mol. The van der Waals surface area contributed by atoms with Gasteiger partial charge in [-0.3, -0.25) is 24.6 Å². The number of phenolic OH excluding ortho intramolecular Hbond substituents is 1. The number of carbonyl (C=O) groups is 2. The molecular formula is C20H15F2N3O6S2. The van der Waals surface area contributed by atoms with Gasteiger partial charge in [-0.25, -0.2) is 0 Å². The van der Waals surface area contributed by atoms with Crippen molar-refractivity contribution in [3.63, 3.8) is 0 Å². The van der Waals surface area contributed by atoms with Gasteiger partial charge in [0.15, 0.2) is 0 Å². The second-order valence-corrected chi connectivity index (χ2v) is 8.18. The van der Waals surface area contributed by atoms with Crippen molar-refractivity contribution in [3.05, 3.63) is 63.0 Å².